The molecule has 1 unspecified atom stereocenters. The molecule has 4 rings (SSSR count). The van der Waals surface area contributed by atoms with Gasteiger partial charge in [0.15, 0.2) is 10.8 Å². The van der Waals surface area contributed by atoms with Gasteiger partial charge in [0.25, 0.3) is 5.91 Å². The number of aliphatic carboxylic acids is 1. The number of carboxylic acids is 1. The Morgan fingerprint density at radius 1 is 1.13 bits per heavy atom. The second-order valence-corrected chi connectivity index (χ2v) is 13.2. The first kappa shape index (κ1) is 33.1. The summed E-state index contributed by atoms with van der Waals surface area (Å²) in [6.45, 7) is 10.5. The summed E-state index contributed by atoms with van der Waals surface area (Å²) in [5.74, 6) is -2.57. The molecule has 2 fully saturated rings. The molecule has 5 N–H and O–H groups in total. The molecule has 1 saturated carbocycles. The zero-order valence-electron chi connectivity index (χ0n) is 25.5. The molecule has 0 aromatic carbocycles. The van der Waals surface area contributed by atoms with Gasteiger partial charge >= 0.3 is 18.2 Å². The van der Waals surface area contributed by atoms with E-state index in [2.05, 4.69) is 41.7 Å². The van der Waals surface area contributed by atoms with E-state index < -0.39 is 64.6 Å². The molecule has 2 atom stereocenters. The number of amides is 4. The van der Waals surface area contributed by atoms with Crippen LogP contribution in [0.25, 0.3) is 0 Å². The molecule has 2 aromatic rings. The van der Waals surface area contributed by atoms with Crippen LogP contribution in [0.4, 0.5) is 14.7 Å². The number of oxime groups is 1. The molecule has 0 spiro atoms. The summed E-state index contributed by atoms with van der Waals surface area (Å²) < 4.78 is 11.8. The fraction of sp³-hybridized carbons (Fsp3) is 0.577. The van der Waals surface area contributed by atoms with Gasteiger partial charge in [-0.2, -0.15) is 0 Å². The molecule has 2 aromatic heterocycles. The number of nitrogens with one attached hydrogen (secondary N) is 4. The van der Waals surface area contributed by atoms with Crippen LogP contribution < -0.4 is 21.3 Å². The third kappa shape index (κ3) is 9.10. The summed E-state index contributed by atoms with van der Waals surface area (Å²) in [5.41, 5.74) is -2.96. The molecule has 0 radical (unpaired) electrons. The Labute approximate surface area is 261 Å². The van der Waals surface area contributed by atoms with Gasteiger partial charge in [-0.1, -0.05) is 10.4 Å². The molecule has 244 valence electrons. The van der Waals surface area contributed by atoms with E-state index >= 15 is 0 Å². The lowest BCUT2D eigenvalue weighted by atomic mass is 9.98. The number of hydrogen-bond donors (Lipinski definition) is 5. The van der Waals surface area contributed by atoms with Crippen LogP contribution in [0.15, 0.2) is 16.7 Å². The van der Waals surface area contributed by atoms with Crippen LogP contribution in [0.2, 0.25) is 0 Å². The third-order valence-electron chi connectivity index (χ3n) is 6.06. The summed E-state index contributed by atoms with van der Waals surface area (Å²) in [6, 6.07) is -1.60. The van der Waals surface area contributed by atoms with Crippen molar-refractivity contribution in [3.05, 3.63) is 23.0 Å². The summed E-state index contributed by atoms with van der Waals surface area (Å²) in [7, 11) is 0. The zero-order chi connectivity index (χ0) is 33.2. The van der Waals surface area contributed by atoms with Crippen molar-refractivity contribution in [1.29, 1.82) is 0 Å². The number of anilines is 1. The Morgan fingerprint density at radius 2 is 1.80 bits per heavy atom. The molecule has 0 bridgehead atoms. The van der Waals surface area contributed by atoms with E-state index in [0.29, 0.717) is 5.69 Å². The highest BCUT2D eigenvalue weighted by molar-refractivity contribution is 7.14. The topological polar surface area (TPSA) is 237 Å². The lowest BCUT2D eigenvalue weighted by molar-refractivity contribution is -0.153. The SMILES string of the molecule is CC(C)(C)OC(=O)NCc1cn(C[C@@H]2NC(=O)C2NC(=O)/C(=N\OC2(C(=O)O)CC2)c2csc(NC(=O)OC(C)(C)C)n2)nn1. The lowest BCUT2D eigenvalue weighted by Gasteiger charge is -2.36. The van der Waals surface area contributed by atoms with E-state index in [0.717, 1.165) is 11.3 Å². The summed E-state index contributed by atoms with van der Waals surface area (Å²) in [4.78, 5) is 70.9. The fourth-order valence-electron chi connectivity index (χ4n) is 3.78. The van der Waals surface area contributed by atoms with E-state index in [1.807, 2.05) is 0 Å². The largest absolute Gasteiger partial charge is 0.478 e. The number of nitrogens with zero attached hydrogens (tertiary/aromatic N) is 5. The molecular formula is C26H35N9O9S. The second-order valence-electron chi connectivity index (χ2n) is 12.3. The predicted molar refractivity (Wildman–Crippen MR) is 156 cm³/mol. The van der Waals surface area contributed by atoms with Crippen molar-refractivity contribution in [2.24, 2.45) is 5.16 Å². The van der Waals surface area contributed by atoms with Crippen LogP contribution in [0.3, 0.4) is 0 Å². The van der Waals surface area contributed by atoms with E-state index in [-0.39, 0.29) is 36.8 Å². The van der Waals surface area contributed by atoms with E-state index in [1.54, 1.807) is 47.7 Å². The summed E-state index contributed by atoms with van der Waals surface area (Å²) >= 11 is 0.969. The first-order valence-electron chi connectivity index (χ1n) is 13.9. The number of carboxylic acid groups (broad SMARTS) is 1. The number of aromatic nitrogens is 4. The van der Waals surface area contributed by atoms with Gasteiger partial charge in [-0.25, -0.2) is 19.4 Å². The van der Waals surface area contributed by atoms with Crippen molar-refractivity contribution in [2.45, 2.75) is 96.4 Å². The normalized spacial score (nSPS) is 19.0. The number of carbonyl (C=O) groups excluding carboxylic acids is 4. The lowest BCUT2D eigenvalue weighted by Crippen LogP contribution is -2.70. The van der Waals surface area contributed by atoms with E-state index in [9.17, 15) is 29.1 Å². The van der Waals surface area contributed by atoms with Crippen molar-refractivity contribution in [3.8, 4) is 0 Å². The number of carbonyl (C=O) groups is 5. The van der Waals surface area contributed by atoms with Crippen molar-refractivity contribution in [3.63, 3.8) is 0 Å². The maximum atomic E-state index is 13.4. The minimum Gasteiger partial charge on any atom is -0.478 e. The van der Waals surface area contributed by atoms with Gasteiger partial charge in [-0.15, -0.1) is 16.4 Å². The Balaban J connectivity index is 1.42. The average molecular weight is 650 g/mol. The highest BCUT2D eigenvalue weighted by atomic mass is 32.1. The molecule has 1 aliphatic heterocycles. The Morgan fingerprint density at radius 3 is 2.40 bits per heavy atom. The molecule has 1 aliphatic carbocycles. The summed E-state index contributed by atoms with van der Waals surface area (Å²) in [6.07, 6.45) is 0.580. The monoisotopic (exact) mass is 649 g/mol. The van der Waals surface area contributed by atoms with Gasteiger partial charge in [0.2, 0.25) is 11.5 Å². The number of alkyl carbamates (subject to hydrolysis) is 1. The van der Waals surface area contributed by atoms with Crippen LogP contribution >= 0.6 is 11.3 Å². The van der Waals surface area contributed by atoms with Crippen molar-refractivity contribution in [2.75, 3.05) is 5.32 Å². The van der Waals surface area contributed by atoms with Crippen molar-refractivity contribution < 1.29 is 43.4 Å². The molecule has 45 heavy (non-hydrogen) atoms. The Bertz CT molecular complexity index is 1500. The van der Waals surface area contributed by atoms with Gasteiger partial charge in [-0.05, 0) is 41.5 Å². The first-order chi connectivity index (χ1) is 20.9. The van der Waals surface area contributed by atoms with Gasteiger partial charge in [0, 0.05) is 18.2 Å². The van der Waals surface area contributed by atoms with Crippen molar-refractivity contribution >= 4 is 52.2 Å². The maximum absolute atomic E-state index is 13.4. The Kier molecular flexibility index (Phi) is 9.31. The molecule has 18 nitrogen and oxygen atoms in total. The van der Waals surface area contributed by atoms with Crippen LogP contribution in [-0.2, 0) is 41.8 Å². The molecule has 4 amide bonds. The van der Waals surface area contributed by atoms with Crippen LogP contribution in [0, 0.1) is 0 Å². The molecule has 3 heterocycles. The second kappa shape index (κ2) is 12.7. The average Bonchev–Trinajstić information content (AvgIpc) is 3.34. The smallest absolute Gasteiger partial charge is 0.413 e. The highest BCUT2D eigenvalue weighted by Crippen LogP contribution is 2.40. The first-order valence-corrected chi connectivity index (χ1v) is 14.7. The van der Waals surface area contributed by atoms with Crippen molar-refractivity contribution in [1.82, 2.24) is 35.9 Å². The number of β-lactam (4-membered cyclic amide) rings is 1. The fourth-order valence-corrected chi connectivity index (χ4v) is 4.46. The van der Waals surface area contributed by atoms with Gasteiger partial charge < -0.3 is 35.4 Å². The quantitative estimate of drug-likeness (QED) is 0.131. The molecule has 2 aliphatic rings. The molecule has 19 heteroatoms. The number of hydrogen-bond acceptors (Lipinski definition) is 13. The zero-order valence-corrected chi connectivity index (χ0v) is 26.3. The van der Waals surface area contributed by atoms with Crippen LogP contribution in [0.1, 0.15) is 65.8 Å². The standard InChI is InChI=1S/C26H35N9O9S/c1-24(2,3)42-22(40)27-9-13-10-35(34-32-13)11-14-16(18(36)28-14)30-19(37)17(33-44-26(7-8-26)20(38)39)15-12-45-21(29-15)31-23(41)43-25(4,5)6/h10,12,14,16H,7-9,11H2,1-6H3,(H,27,40)(H,28,36)(H,30,37)(H,38,39)(H,29,31,41)/b33-17-/t14-,16?/m0/s1. The summed E-state index contributed by atoms with van der Waals surface area (Å²) in [5, 5.41) is 33.1. The van der Waals surface area contributed by atoms with Crippen LogP contribution in [-0.4, -0.2) is 89.7 Å². The van der Waals surface area contributed by atoms with E-state index in [4.69, 9.17) is 14.3 Å². The third-order valence-corrected chi connectivity index (χ3v) is 6.81. The Hall–Kier alpha value is -4.81. The number of ether oxygens (including phenoxy) is 2. The van der Waals surface area contributed by atoms with Gasteiger partial charge in [-0.3, -0.25) is 19.6 Å². The van der Waals surface area contributed by atoms with Gasteiger partial charge in [0.1, 0.15) is 28.6 Å². The highest BCUT2D eigenvalue weighted by Gasteiger charge is 2.55. The minimum atomic E-state index is -1.56. The predicted octanol–water partition coefficient (Wildman–Crippen LogP) is 1.13. The number of rotatable bonds is 11. The minimum absolute atomic E-state index is 0.0283. The molecule has 1 saturated heterocycles. The van der Waals surface area contributed by atoms with E-state index in [1.165, 1.54) is 10.1 Å². The number of thiazole rings is 1. The molecular weight excluding hydrogens is 614 g/mol. The maximum Gasteiger partial charge on any atom is 0.413 e. The van der Waals surface area contributed by atoms with Gasteiger partial charge in [0.05, 0.1) is 25.3 Å². The van der Waals surface area contributed by atoms with Crippen LogP contribution in [0.5, 0.6) is 0 Å².